The third-order valence-electron chi connectivity index (χ3n) is 3.33. The summed E-state index contributed by atoms with van der Waals surface area (Å²) in [5, 5.41) is 0. The van der Waals surface area contributed by atoms with E-state index in [1.54, 1.807) is 6.92 Å². The number of unbranched alkanes of at least 4 members (excludes halogenated alkanes) is 1. The zero-order valence-electron chi connectivity index (χ0n) is 10.2. The van der Waals surface area contributed by atoms with Crippen molar-refractivity contribution >= 4 is 5.78 Å². The van der Waals surface area contributed by atoms with Crippen LogP contribution >= 0.6 is 0 Å². The van der Waals surface area contributed by atoms with Crippen molar-refractivity contribution in [1.29, 1.82) is 0 Å². The van der Waals surface area contributed by atoms with Gasteiger partial charge in [0.15, 0.2) is 5.78 Å². The monoisotopic (exact) mass is 212 g/mol. The van der Waals surface area contributed by atoms with Gasteiger partial charge in [-0.15, -0.1) is 0 Å². The molecule has 2 nitrogen and oxygen atoms in total. The zero-order valence-corrected chi connectivity index (χ0v) is 10.2. The van der Waals surface area contributed by atoms with Crippen LogP contribution in [0.1, 0.15) is 65.2 Å². The highest BCUT2D eigenvalue weighted by Gasteiger charge is 2.32. The van der Waals surface area contributed by atoms with Crippen molar-refractivity contribution in [2.75, 3.05) is 6.61 Å². The fourth-order valence-corrected chi connectivity index (χ4v) is 2.42. The van der Waals surface area contributed by atoms with Crippen LogP contribution in [0, 0.1) is 0 Å². The van der Waals surface area contributed by atoms with E-state index in [4.69, 9.17) is 4.74 Å². The molecule has 88 valence electrons. The van der Waals surface area contributed by atoms with Crippen molar-refractivity contribution in [3.63, 3.8) is 0 Å². The predicted octanol–water partition coefficient (Wildman–Crippen LogP) is 3.49. The third-order valence-corrected chi connectivity index (χ3v) is 3.33. The Morgan fingerprint density at radius 1 is 1.27 bits per heavy atom. The summed E-state index contributed by atoms with van der Waals surface area (Å²) in [6.45, 7) is 4.13. The average Bonchev–Trinajstić information content (AvgIpc) is 2.25. The number of rotatable bonds is 6. The molecule has 0 aromatic rings. The van der Waals surface area contributed by atoms with E-state index in [9.17, 15) is 4.79 Å². The Labute approximate surface area is 93.4 Å². The number of ether oxygens (including phenoxy) is 1. The molecule has 1 aliphatic carbocycles. The molecule has 0 aromatic carbocycles. The van der Waals surface area contributed by atoms with E-state index in [0.717, 1.165) is 19.3 Å². The molecule has 0 aromatic heterocycles. The first-order chi connectivity index (χ1) is 7.18. The summed E-state index contributed by atoms with van der Waals surface area (Å²) < 4.78 is 5.88. The van der Waals surface area contributed by atoms with E-state index < -0.39 is 0 Å². The van der Waals surface area contributed by atoms with Crippen molar-refractivity contribution in [1.82, 2.24) is 0 Å². The molecule has 0 bridgehead atoms. The van der Waals surface area contributed by atoms with Crippen LogP contribution < -0.4 is 0 Å². The van der Waals surface area contributed by atoms with Crippen molar-refractivity contribution in [2.45, 2.75) is 70.8 Å². The van der Waals surface area contributed by atoms with Crippen molar-refractivity contribution in [2.24, 2.45) is 0 Å². The summed E-state index contributed by atoms with van der Waals surface area (Å²) in [6, 6.07) is 0. The Bertz CT molecular complexity index is 193. The topological polar surface area (TPSA) is 26.3 Å². The standard InChI is InChI=1S/C13H24O2/c1-3-4-8-13(15-11-12(2)14)9-6-5-7-10-13/h3-11H2,1-2H3. The maximum absolute atomic E-state index is 11.0. The minimum Gasteiger partial charge on any atom is -0.367 e. The molecule has 0 N–H and O–H groups in total. The maximum atomic E-state index is 11.0. The maximum Gasteiger partial charge on any atom is 0.155 e. The molecule has 1 aliphatic rings. The van der Waals surface area contributed by atoms with Gasteiger partial charge in [0.05, 0.1) is 5.60 Å². The molecule has 0 atom stereocenters. The number of ketones is 1. The lowest BCUT2D eigenvalue weighted by atomic mass is 9.81. The first kappa shape index (κ1) is 12.7. The van der Waals surface area contributed by atoms with Gasteiger partial charge < -0.3 is 4.74 Å². The molecule has 0 aliphatic heterocycles. The smallest absolute Gasteiger partial charge is 0.155 e. The van der Waals surface area contributed by atoms with E-state index in [-0.39, 0.29) is 11.4 Å². The number of carbonyl (C=O) groups excluding carboxylic acids is 1. The number of hydrogen-bond donors (Lipinski definition) is 0. The van der Waals surface area contributed by atoms with Crippen LogP contribution in [0.4, 0.5) is 0 Å². The van der Waals surface area contributed by atoms with Gasteiger partial charge in [0.2, 0.25) is 0 Å². The van der Waals surface area contributed by atoms with Gasteiger partial charge in [-0.1, -0.05) is 39.0 Å². The van der Waals surface area contributed by atoms with Gasteiger partial charge in [-0.2, -0.15) is 0 Å². The van der Waals surface area contributed by atoms with E-state index >= 15 is 0 Å². The number of hydrogen-bond acceptors (Lipinski definition) is 2. The molecule has 0 unspecified atom stereocenters. The second-order valence-corrected chi connectivity index (χ2v) is 4.84. The molecular formula is C13H24O2. The van der Waals surface area contributed by atoms with Crippen LogP contribution in [0.5, 0.6) is 0 Å². The molecule has 1 rings (SSSR count). The summed E-state index contributed by atoms with van der Waals surface area (Å²) in [4.78, 5) is 11.0. The molecule has 0 spiro atoms. The lowest BCUT2D eigenvalue weighted by molar-refractivity contribution is -0.133. The molecule has 0 saturated heterocycles. The first-order valence-electron chi connectivity index (χ1n) is 6.32. The molecule has 0 amide bonds. The minimum absolute atomic E-state index is 0.0416. The van der Waals surface area contributed by atoms with Crippen LogP contribution in [0.3, 0.4) is 0 Å². The molecule has 15 heavy (non-hydrogen) atoms. The highest BCUT2D eigenvalue weighted by Crippen LogP contribution is 2.35. The highest BCUT2D eigenvalue weighted by molar-refractivity contribution is 5.76. The van der Waals surface area contributed by atoms with Gasteiger partial charge in [-0.25, -0.2) is 0 Å². The lowest BCUT2D eigenvalue weighted by Gasteiger charge is -2.37. The number of Topliss-reactive ketones (excluding diaryl/α,β-unsaturated/α-hetero) is 1. The fourth-order valence-electron chi connectivity index (χ4n) is 2.42. The summed E-state index contributed by atoms with van der Waals surface area (Å²) in [6.07, 6.45) is 9.74. The van der Waals surface area contributed by atoms with E-state index in [0.29, 0.717) is 6.61 Å². The van der Waals surface area contributed by atoms with Gasteiger partial charge in [0.25, 0.3) is 0 Å². The van der Waals surface area contributed by atoms with Crippen LogP contribution in [-0.4, -0.2) is 18.0 Å². The van der Waals surface area contributed by atoms with E-state index in [1.807, 2.05) is 0 Å². The summed E-state index contributed by atoms with van der Waals surface area (Å²) in [5.41, 5.74) is 0.0416. The van der Waals surface area contributed by atoms with Crippen LogP contribution in [-0.2, 0) is 9.53 Å². The second kappa shape index (κ2) is 6.26. The van der Waals surface area contributed by atoms with E-state index in [1.165, 1.54) is 32.1 Å². The quantitative estimate of drug-likeness (QED) is 0.673. The van der Waals surface area contributed by atoms with Gasteiger partial charge >= 0.3 is 0 Å². The molecular weight excluding hydrogens is 188 g/mol. The second-order valence-electron chi connectivity index (χ2n) is 4.84. The SMILES string of the molecule is CCCCC1(OCC(C)=O)CCCCC1. The molecule has 1 saturated carbocycles. The Balaban J connectivity index is 2.45. The van der Waals surface area contributed by atoms with Gasteiger partial charge in [0.1, 0.15) is 6.61 Å². The third kappa shape index (κ3) is 4.33. The average molecular weight is 212 g/mol. The minimum atomic E-state index is 0.0416. The Morgan fingerprint density at radius 2 is 1.93 bits per heavy atom. The van der Waals surface area contributed by atoms with Crippen molar-refractivity contribution in [3.8, 4) is 0 Å². The Kier molecular flexibility index (Phi) is 5.30. The normalized spacial score (nSPS) is 20.1. The van der Waals surface area contributed by atoms with Crippen molar-refractivity contribution in [3.05, 3.63) is 0 Å². The molecule has 0 heterocycles. The van der Waals surface area contributed by atoms with Gasteiger partial charge in [-0.05, 0) is 26.2 Å². The number of carbonyl (C=O) groups is 1. The zero-order chi connectivity index (χ0) is 11.1. The Hall–Kier alpha value is -0.370. The molecule has 2 heteroatoms. The van der Waals surface area contributed by atoms with Crippen LogP contribution in [0.15, 0.2) is 0 Å². The van der Waals surface area contributed by atoms with Crippen molar-refractivity contribution < 1.29 is 9.53 Å². The lowest BCUT2D eigenvalue weighted by Crippen LogP contribution is -2.36. The predicted molar refractivity (Wildman–Crippen MR) is 62.0 cm³/mol. The van der Waals surface area contributed by atoms with Gasteiger partial charge in [-0.3, -0.25) is 4.79 Å². The largest absolute Gasteiger partial charge is 0.367 e. The molecule has 1 fully saturated rings. The van der Waals surface area contributed by atoms with Crippen LogP contribution in [0.2, 0.25) is 0 Å². The summed E-state index contributed by atoms with van der Waals surface area (Å²) >= 11 is 0. The Morgan fingerprint density at radius 3 is 2.47 bits per heavy atom. The fraction of sp³-hybridized carbons (Fsp3) is 0.923. The summed E-state index contributed by atoms with van der Waals surface area (Å²) in [7, 11) is 0. The highest BCUT2D eigenvalue weighted by atomic mass is 16.5. The molecule has 0 radical (unpaired) electrons. The van der Waals surface area contributed by atoms with Crippen LogP contribution in [0.25, 0.3) is 0 Å². The van der Waals surface area contributed by atoms with Gasteiger partial charge in [0, 0.05) is 0 Å². The first-order valence-corrected chi connectivity index (χ1v) is 6.32. The summed E-state index contributed by atoms with van der Waals surface area (Å²) in [5.74, 6) is 0.149. The van der Waals surface area contributed by atoms with E-state index in [2.05, 4.69) is 6.92 Å².